The fourth-order valence-corrected chi connectivity index (χ4v) is 1.77. The third kappa shape index (κ3) is 4.45. The van der Waals surface area contributed by atoms with Gasteiger partial charge in [-0.1, -0.05) is 12.1 Å². The predicted molar refractivity (Wildman–Crippen MR) is 73.2 cm³/mol. The Morgan fingerprint density at radius 2 is 1.81 bits per heavy atom. The van der Waals surface area contributed by atoms with Gasteiger partial charge in [-0.05, 0) is 13.0 Å². The first-order valence-corrected chi connectivity index (χ1v) is 7.04. The summed E-state index contributed by atoms with van der Waals surface area (Å²) in [5.74, 6) is 0. The van der Waals surface area contributed by atoms with Gasteiger partial charge in [-0.3, -0.25) is 14.3 Å². The van der Waals surface area contributed by atoms with Gasteiger partial charge in [0.05, 0.1) is 17.4 Å². The first kappa shape index (κ1) is 17.0. The minimum absolute atomic E-state index is 0.163. The highest BCUT2D eigenvalue weighted by molar-refractivity contribution is 7.80. The molecule has 0 unspecified atom stereocenters. The molecule has 0 saturated carbocycles. The van der Waals surface area contributed by atoms with Gasteiger partial charge in [-0.15, -0.1) is 0 Å². The van der Waals surface area contributed by atoms with Gasteiger partial charge in [-0.2, -0.15) is 4.57 Å². The number of fused-ring (bicyclic) bond motifs is 1. The van der Waals surface area contributed by atoms with Crippen LogP contribution in [-0.2, 0) is 21.6 Å². The fourth-order valence-electron chi connectivity index (χ4n) is 1.77. The largest absolute Gasteiger partial charge is 0.726 e. The Hall–Kier alpha value is -2.10. The van der Waals surface area contributed by atoms with Crippen LogP contribution in [-0.4, -0.2) is 25.0 Å². The van der Waals surface area contributed by atoms with Gasteiger partial charge in [0, 0.05) is 11.6 Å². The van der Waals surface area contributed by atoms with Crippen LogP contribution < -0.4 is 4.57 Å². The second kappa shape index (κ2) is 6.57. The standard InChI is InChI=1S/C11H11N2O2.CH4O4S/c1-8-9-5-3-4-6-10(9)12(2)7-11(8)13(14)15;1-5-6(2,3)4/h3-7H,1-2H3;1H3,(H,2,3,4)/q+1;/p-1. The zero-order chi connectivity index (χ0) is 16.2. The van der Waals surface area contributed by atoms with Crippen molar-refractivity contribution in [2.75, 3.05) is 7.11 Å². The highest BCUT2D eigenvalue weighted by atomic mass is 32.3. The van der Waals surface area contributed by atoms with Crippen LogP contribution in [0.3, 0.4) is 0 Å². The minimum atomic E-state index is -4.41. The number of hydrogen-bond donors (Lipinski definition) is 0. The highest BCUT2D eigenvalue weighted by Gasteiger charge is 2.20. The molecule has 1 aromatic carbocycles. The van der Waals surface area contributed by atoms with Crippen molar-refractivity contribution >= 4 is 27.0 Å². The Morgan fingerprint density at radius 1 is 1.29 bits per heavy atom. The van der Waals surface area contributed by atoms with Crippen LogP contribution >= 0.6 is 0 Å². The van der Waals surface area contributed by atoms with E-state index in [9.17, 15) is 23.1 Å². The lowest BCUT2D eigenvalue weighted by atomic mass is 10.1. The third-order valence-corrected chi connectivity index (χ3v) is 3.20. The molecule has 0 aliphatic carbocycles. The minimum Gasteiger partial charge on any atom is -0.726 e. The molecule has 0 atom stereocenters. The van der Waals surface area contributed by atoms with E-state index in [4.69, 9.17) is 0 Å². The molecule has 0 N–H and O–H groups in total. The number of aryl methyl sites for hydroxylation is 2. The van der Waals surface area contributed by atoms with Gasteiger partial charge < -0.3 is 4.55 Å². The second-order valence-corrected chi connectivity index (χ2v) is 5.25. The average molecular weight is 314 g/mol. The second-order valence-electron chi connectivity index (χ2n) is 4.10. The van der Waals surface area contributed by atoms with Gasteiger partial charge in [0.15, 0.2) is 0 Å². The zero-order valence-electron chi connectivity index (χ0n) is 11.6. The summed E-state index contributed by atoms with van der Waals surface area (Å²) >= 11 is 0. The highest BCUT2D eigenvalue weighted by Crippen LogP contribution is 2.23. The van der Waals surface area contributed by atoms with Gasteiger partial charge in [0.1, 0.15) is 7.05 Å². The summed E-state index contributed by atoms with van der Waals surface area (Å²) in [5.41, 5.74) is 1.88. The van der Waals surface area contributed by atoms with E-state index in [1.807, 2.05) is 31.3 Å². The van der Waals surface area contributed by atoms with E-state index in [-0.39, 0.29) is 10.6 Å². The summed E-state index contributed by atoms with van der Waals surface area (Å²) in [4.78, 5) is 10.5. The number of pyridine rings is 1. The molecule has 2 rings (SSSR count). The lowest BCUT2D eigenvalue weighted by molar-refractivity contribution is -0.648. The molecule has 0 bridgehead atoms. The lowest BCUT2D eigenvalue weighted by Gasteiger charge is -2.00. The van der Waals surface area contributed by atoms with Gasteiger partial charge in [0.2, 0.25) is 22.1 Å². The van der Waals surface area contributed by atoms with Crippen molar-refractivity contribution in [1.29, 1.82) is 0 Å². The number of nitro groups is 1. The fraction of sp³-hybridized carbons (Fsp3) is 0.250. The maximum atomic E-state index is 10.8. The third-order valence-electron chi connectivity index (χ3n) is 2.79. The van der Waals surface area contributed by atoms with Crippen LogP contribution in [0, 0.1) is 17.0 Å². The summed E-state index contributed by atoms with van der Waals surface area (Å²) in [6, 6.07) is 7.66. The van der Waals surface area contributed by atoms with Gasteiger partial charge >= 0.3 is 5.69 Å². The predicted octanol–water partition coefficient (Wildman–Crippen LogP) is 0.974. The van der Waals surface area contributed by atoms with Crippen molar-refractivity contribution in [3.05, 3.63) is 46.1 Å². The molecular weight excluding hydrogens is 300 g/mol. The Bertz CT molecular complexity index is 773. The number of hydrogen-bond acceptors (Lipinski definition) is 6. The zero-order valence-corrected chi connectivity index (χ0v) is 12.5. The van der Waals surface area contributed by atoms with Crippen LogP contribution in [0.5, 0.6) is 0 Å². The number of aromatic nitrogens is 1. The van der Waals surface area contributed by atoms with Gasteiger partial charge in [-0.25, -0.2) is 8.42 Å². The van der Waals surface area contributed by atoms with E-state index in [0.29, 0.717) is 5.56 Å². The number of rotatable bonds is 2. The smallest absolute Gasteiger partial charge is 0.335 e. The maximum Gasteiger partial charge on any atom is 0.335 e. The van der Waals surface area contributed by atoms with Crippen molar-refractivity contribution in [2.24, 2.45) is 7.05 Å². The molecule has 0 fully saturated rings. The molecule has 1 aromatic heterocycles. The summed E-state index contributed by atoms with van der Waals surface area (Å²) in [6.07, 6.45) is 1.55. The average Bonchev–Trinajstić information content (AvgIpc) is 2.42. The summed E-state index contributed by atoms with van der Waals surface area (Å²) in [5, 5.41) is 11.7. The molecule has 0 amide bonds. The molecule has 114 valence electrons. The molecule has 0 aliphatic rings. The molecule has 2 aromatic rings. The molecular formula is C12H14N2O6S. The van der Waals surface area contributed by atoms with E-state index in [1.54, 1.807) is 17.7 Å². The van der Waals surface area contributed by atoms with E-state index in [0.717, 1.165) is 18.0 Å². The molecule has 0 radical (unpaired) electrons. The molecule has 0 aliphatic heterocycles. The van der Waals surface area contributed by atoms with Crippen LogP contribution in [0.15, 0.2) is 30.5 Å². The molecule has 21 heavy (non-hydrogen) atoms. The topological polar surface area (TPSA) is 113 Å². The van der Waals surface area contributed by atoms with Gasteiger partial charge in [0.25, 0.3) is 0 Å². The number of para-hydroxylation sites is 1. The molecule has 0 spiro atoms. The summed E-state index contributed by atoms with van der Waals surface area (Å²) in [6.45, 7) is 1.78. The van der Waals surface area contributed by atoms with Crippen LogP contribution in [0.1, 0.15) is 5.56 Å². The SMILES string of the molecule is COS(=O)(=O)[O-].Cc1c([N+](=O)[O-])c[n+](C)c2ccccc12. The van der Waals surface area contributed by atoms with Crippen LogP contribution in [0.2, 0.25) is 0 Å². The van der Waals surface area contributed by atoms with Crippen LogP contribution in [0.4, 0.5) is 5.69 Å². The lowest BCUT2D eigenvalue weighted by Crippen LogP contribution is -2.29. The first-order valence-electron chi connectivity index (χ1n) is 5.71. The van der Waals surface area contributed by atoms with E-state index in [1.165, 1.54) is 0 Å². The Kier molecular flexibility index (Phi) is 5.30. The summed E-state index contributed by atoms with van der Waals surface area (Å²) < 4.78 is 32.8. The molecule has 1 heterocycles. The molecule has 9 heteroatoms. The number of benzene rings is 1. The maximum absolute atomic E-state index is 10.8. The van der Waals surface area contributed by atoms with Crippen molar-refractivity contribution in [1.82, 2.24) is 0 Å². The van der Waals surface area contributed by atoms with Crippen molar-refractivity contribution in [2.45, 2.75) is 6.92 Å². The van der Waals surface area contributed by atoms with Crippen molar-refractivity contribution in [3.63, 3.8) is 0 Å². The van der Waals surface area contributed by atoms with Crippen molar-refractivity contribution in [3.8, 4) is 0 Å². The van der Waals surface area contributed by atoms with Crippen LogP contribution in [0.25, 0.3) is 10.9 Å². The quantitative estimate of drug-likeness (QED) is 0.268. The first-order chi connectivity index (χ1) is 9.67. The Morgan fingerprint density at radius 3 is 2.29 bits per heavy atom. The van der Waals surface area contributed by atoms with E-state index < -0.39 is 10.4 Å². The monoisotopic (exact) mass is 314 g/mol. The Balaban J connectivity index is 0.000000315. The number of nitrogens with zero attached hydrogens (tertiary/aromatic N) is 2. The van der Waals surface area contributed by atoms with E-state index >= 15 is 0 Å². The Labute approximate surface area is 121 Å². The van der Waals surface area contributed by atoms with Crippen molar-refractivity contribution < 1.29 is 26.6 Å². The summed E-state index contributed by atoms with van der Waals surface area (Å²) in [7, 11) is -1.79. The van der Waals surface area contributed by atoms with E-state index in [2.05, 4.69) is 4.18 Å². The molecule has 8 nitrogen and oxygen atoms in total. The molecule has 0 saturated heterocycles. The normalized spacial score (nSPS) is 10.9.